The molecule has 0 amide bonds. The summed E-state index contributed by atoms with van der Waals surface area (Å²) in [5.74, 6) is 0.710. The molecule has 1 N–H and O–H groups in total. The van der Waals surface area contributed by atoms with Gasteiger partial charge in [0.2, 0.25) is 0 Å². The molecule has 2 heteroatoms. The van der Waals surface area contributed by atoms with Crippen LogP contribution in [0.15, 0.2) is 30.3 Å². The molecule has 0 aliphatic carbocycles. The van der Waals surface area contributed by atoms with Gasteiger partial charge in [0.1, 0.15) is 0 Å². The smallest absolute Gasteiger partial charge is 0.0506 e. The Morgan fingerprint density at radius 1 is 1.35 bits per heavy atom. The Balaban J connectivity index is 1.68. The molecular formula is C15H23NO. The van der Waals surface area contributed by atoms with Gasteiger partial charge in [0.15, 0.2) is 0 Å². The zero-order valence-electron chi connectivity index (χ0n) is 10.7. The maximum atomic E-state index is 5.49. The van der Waals surface area contributed by atoms with Gasteiger partial charge in [0.25, 0.3) is 0 Å². The summed E-state index contributed by atoms with van der Waals surface area (Å²) >= 11 is 0. The van der Waals surface area contributed by atoms with Crippen LogP contribution in [0.1, 0.15) is 25.3 Å². The zero-order chi connectivity index (χ0) is 11.9. The fraction of sp³-hybridized carbons (Fsp3) is 0.600. The lowest BCUT2D eigenvalue weighted by Crippen LogP contribution is -2.35. The van der Waals surface area contributed by atoms with Crippen LogP contribution in [-0.2, 0) is 11.2 Å². The van der Waals surface area contributed by atoms with E-state index in [-0.39, 0.29) is 0 Å². The second-order valence-corrected chi connectivity index (χ2v) is 5.08. The third kappa shape index (κ3) is 4.49. The van der Waals surface area contributed by atoms with E-state index in [0.29, 0.717) is 12.0 Å². The van der Waals surface area contributed by atoms with Gasteiger partial charge in [-0.2, -0.15) is 0 Å². The maximum absolute atomic E-state index is 5.49. The standard InChI is InChI=1S/C15H23NO/c1-13(10-14-6-3-2-4-7-14)16-11-15-8-5-9-17-12-15/h2-4,6-7,13,15-16H,5,8-12H2,1H3. The van der Waals surface area contributed by atoms with Crippen molar-refractivity contribution in [2.45, 2.75) is 32.2 Å². The van der Waals surface area contributed by atoms with Crippen molar-refractivity contribution < 1.29 is 4.74 Å². The van der Waals surface area contributed by atoms with Crippen LogP contribution in [0.25, 0.3) is 0 Å². The number of hydrogen-bond donors (Lipinski definition) is 1. The minimum Gasteiger partial charge on any atom is -0.381 e. The normalized spacial score (nSPS) is 22.3. The lowest BCUT2D eigenvalue weighted by atomic mass is 10.0. The Labute approximate surface area is 104 Å². The first-order chi connectivity index (χ1) is 8.34. The quantitative estimate of drug-likeness (QED) is 0.844. The predicted octanol–water partition coefficient (Wildman–Crippen LogP) is 2.63. The average Bonchev–Trinajstić information content (AvgIpc) is 2.39. The molecule has 0 spiro atoms. The third-order valence-corrected chi connectivity index (χ3v) is 3.39. The van der Waals surface area contributed by atoms with Gasteiger partial charge in [-0.3, -0.25) is 0 Å². The molecule has 2 unspecified atom stereocenters. The van der Waals surface area contributed by atoms with Crippen LogP contribution in [0.3, 0.4) is 0 Å². The number of hydrogen-bond acceptors (Lipinski definition) is 2. The van der Waals surface area contributed by atoms with Gasteiger partial charge in [-0.05, 0) is 37.7 Å². The fourth-order valence-electron chi connectivity index (χ4n) is 2.38. The van der Waals surface area contributed by atoms with Crippen LogP contribution in [0.5, 0.6) is 0 Å². The molecule has 0 radical (unpaired) electrons. The van der Waals surface area contributed by atoms with E-state index in [1.807, 2.05) is 0 Å². The zero-order valence-corrected chi connectivity index (χ0v) is 10.7. The summed E-state index contributed by atoms with van der Waals surface area (Å²) in [4.78, 5) is 0. The number of rotatable bonds is 5. The fourth-order valence-corrected chi connectivity index (χ4v) is 2.38. The van der Waals surface area contributed by atoms with E-state index >= 15 is 0 Å². The Hall–Kier alpha value is -0.860. The van der Waals surface area contributed by atoms with Crippen LogP contribution in [0, 0.1) is 5.92 Å². The van der Waals surface area contributed by atoms with E-state index in [1.54, 1.807) is 0 Å². The molecule has 1 aromatic rings. The van der Waals surface area contributed by atoms with E-state index < -0.39 is 0 Å². The molecule has 17 heavy (non-hydrogen) atoms. The van der Waals surface area contributed by atoms with Crippen molar-refractivity contribution in [1.29, 1.82) is 0 Å². The summed E-state index contributed by atoms with van der Waals surface area (Å²) in [6.45, 7) is 5.24. The Morgan fingerprint density at radius 2 is 2.18 bits per heavy atom. The van der Waals surface area contributed by atoms with E-state index in [0.717, 1.165) is 26.2 Å². The molecule has 1 aromatic carbocycles. The first-order valence-electron chi connectivity index (χ1n) is 6.69. The maximum Gasteiger partial charge on any atom is 0.0506 e. The largest absolute Gasteiger partial charge is 0.381 e. The minimum atomic E-state index is 0.541. The summed E-state index contributed by atoms with van der Waals surface area (Å²) in [5.41, 5.74) is 1.41. The molecule has 2 atom stereocenters. The predicted molar refractivity (Wildman–Crippen MR) is 71.2 cm³/mol. The van der Waals surface area contributed by atoms with Gasteiger partial charge in [-0.1, -0.05) is 30.3 Å². The van der Waals surface area contributed by atoms with E-state index in [2.05, 4.69) is 42.6 Å². The molecule has 0 saturated carbocycles. The average molecular weight is 233 g/mol. The first kappa shape index (κ1) is 12.6. The van der Waals surface area contributed by atoms with Crippen molar-refractivity contribution in [2.75, 3.05) is 19.8 Å². The van der Waals surface area contributed by atoms with Crippen LogP contribution in [0.2, 0.25) is 0 Å². The molecule has 94 valence electrons. The van der Waals surface area contributed by atoms with Crippen LogP contribution in [-0.4, -0.2) is 25.8 Å². The molecule has 1 aliphatic heterocycles. The summed E-state index contributed by atoms with van der Waals surface area (Å²) in [5, 5.41) is 3.62. The van der Waals surface area contributed by atoms with Gasteiger partial charge in [-0.15, -0.1) is 0 Å². The molecule has 1 saturated heterocycles. The van der Waals surface area contributed by atoms with Crippen molar-refractivity contribution in [3.8, 4) is 0 Å². The number of benzene rings is 1. The van der Waals surface area contributed by atoms with Crippen LogP contribution >= 0.6 is 0 Å². The van der Waals surface area contributed by atoms with E-state index in [1.165, 1.54) is 18.4 Å². The highest BCUT2D eigenvalue weighted by Crippen LogP contribution is 2.12. The monoisotopic (exact) mass is 233 g/mol. The van der Waals surface area contributed by atoms with Crippen molar-refractivity contribution >= 4 is 0 Å². The van der Waals surface area contributed by atoms with Gasteiger partial charge in [0.05, 0.1) is 6.61 Å². The summed E-state index contributed by atoms with van der Waals surface area (Å²) in [7, 11) is 0. The second-order valence-electron chi connectivity index (χ2n) is 5.08. The Morgan fingerprint density at radius 3 is 2.88 bits per heavy atom. The Bertz CT molecular complexity index is 306. The van der Waals surface area contributed by atoms with Gasteiger partial charge >= 0.3 is 0 Å². The van der Waals surface area contributed by atoms with Crippen molar-refractivity contribution in [3.05, 3.63) is 35.9 Å². The van der Waals surface area contributed by atoms with Gasteiger partial charge in [0, 0.05) is 19.2 Å². The molecule has 1 aliphatic rings. The molecule has 1 fully saturated rings. The Kier molecular flexibility index (Phi) is 5.02. The lowest BCUT2D eigenvalue weighted by molar-refractivity contribution is 0.0540. The van der Waals surface area contributed by atoms with Gasteiger partial charge < -0.3 is 10.1 Å². The molecule has 2 rings (SSSR count). The molecule has 2 nitrogen and oxygen atoms in total. The molecule has 1 heterocycles. The highest BCUT2D eigenvalue weighted by Gasteiger charge is 2.14. The van der Waals surface area contributed by atoms with Crippen molar-refractivity contribution in [3.63, 3.8) is 0 Å². The number of nitrogens with one attached hydrogen (secondary N) is 1. The minimum absolute atomic E-state index is 0.541. The van der Waals surface area contributed by atoms with E-state index in [9.17, 15) is 0 Å². The summed E-state index contributed by atoms with van der Waals surface area (Å²) in [6, 6.07) is 11.2. The topological polar surface area (TPSA) is 21.3 Å². The number of ether oxygens (including phenoxy) is 1. The highest BCUT2D eigenvalue weighted by atomic mass is 16.5. The van der Waals surface area contributed by atoms with Crippen molar-refractivity contribution in [1.82, 2.24) is 5.32 Å². The van der Waals surface area contributed by atoms with Gasteiger partial charge in [-0.25, -0.2) is 0 Å². The molecular weight excluding hydrogens is 210 g/mol. The van der Waals surface area contributed by atoms with Crippen molar-refractivity contribution in [2.24, 2.45) is 5.92 Å². The SMILES string of the molecule is CC(Cc1ccccc1)NCC1CCCOC1. The first-order valence-corrected chi connectivity index (χ1v) is 6.69. The van der Waals surface area contributed by atoms with Crippen LogP contribution < -0.4 is 5.32 Å². The molecule has 0 aromatic heterocycles. The lowest BCUT2D eigenvalue weighted by Gasteiger charge is -2.24. The highest BCUT2D eigenvalue weighted by molar-refractivity contribution is 5.15. The summed E-state index contributed by atoms with van der Waals surface area (Å²) < 4.78 is 5.49. The van der Waals surface area contributed by atoms with E-state index in [4.69, 9.17) is 4.74 Å². The summed E-state index contributed by atoms with van der Waals surface area (Å²) in [6.07, 6.45) is 3.64. The third-order valence-electron chi connectivity index (χ3n) is 3.39. The second kappa shape index (κ2) is 6.77. The molecule has 0 bridgehead atoms. The van der Waals surface area contributed by atoms with Crippen LogP contribution in [0.4, 0.5) is 0 Å².